The lowest BCUT2D eigenvalue weighted by atomic mass is 9.85. The molecule has 1 aromatic rings. The zero-order valence-electron chi connectivity index (χ0n) is 17.3. The molecule has 30 heavy (non-hydrogen) atoms. The Balaban J connectivity index is 1.39. The number of benzene rings is 1. The van der Waals surface area contributed by atoms with Gasteiger partial charge in [0.15, 0.2) is 0 Å². The quantitative estimate of drug-likeness (QED) is 0.704. The van der Waals surface area contributed by atoms with Gasteiger partial charge in [0.25, 0.3) is 0 Å². The van der Waals surface area contributed by atoms with Crippen molar-refractivity contribution in [2.24, 2.45) is 5.92 Å². The fraction of sp³-hybridized carbons (Fsp3) is 0.591. The second-order valence-corrected chi connectivity index (χ2v) is 10.7. The van der Waals surface area contributed by atoms with Crippen LogP contribution in [-0.2, 0) is 14.8 Å². The maximum Gasteiger partial charge on any atom is 0.244 e. The van der Waals surface area contributed by atoms with Crippen molar-refractivity contribution < 1.29 is 13.2 Å². The molecule has 164 valence electrons. The standard InChI is InChI=1S/C22H30ClN3O3S/c23-19-9-2-4-11-21(19)30(28,29)25-13-6-12-24(15-16-25)17-22(27)26-14-5-8-18-7-1-3-10-20(18)26/h2,4,9-11,18H,1,3,5-8,12-17H2. The number of carbonyl (C=O) groups is 1. The molecule has 1 amide bonds. The molecule has 0 aromatic heterocycles. The molecule has 0 radical (unpaired) electrons. The summed E-state index contributed by atoms with van der Waals surface area (Å²) in [5, 5.41) is 0.245. The molecule has 0 N–H and O–H groups in total. The molecule has 1 unspecified atom stereocenters. The van der Waals surface area contributed by atoms with Gasteiger partial charge in [-0.1, -0.05) is 29.8 Å². The van der Waals surface area contributed by atoms with Crippen molar-refractivity contribution in [1.29, 1.82) is 0 Å². The highest BCUT2D eigenvalue weighted by Gasteiger charge is 2.32. The van der Waals surface area contributed by atoms with E-state index in [0.29, 0.717) is 38.5 Å². The molecule has 1 aromatic carbocycles. The second kappa shape index (κ2) is 9.39. The van der Waals surface area contributed by atoms with Gasteiger partial charge in [0.2, 0.25) is 15.9 Å². The first-order chi connectivity index (χ1) is 14.5. The maximum atomic E-state index is 13.1. The zero-order chi connectivity index (χ0) is 21.1. The van der Waals surface area contributed by atoms with Crippen LogP contribution >= 0.6 is 11.6 Å². The Hall–Kier alpha value is -1.41. The van der Waals surface area contributed by atoms with Gasteiger partial charge >= 0.3 is 0 Å². The predicted octanol–water partition coefficient (Wildman–Crippen LogP) is 3.34. The Morgan fingerprint density at radius 2 is 1.80 bits per heavy atom. The molecule has 0 bridgehead atoms. The molecule has 2 fully saturated rings. The van der Waals surface area contributed by atoms with Crippen molar-refractivity contribution in [3.8, 4) is 0 Å². The van der Waals surface area contributed by atoms with E-state index in [0.717, 1.165) is 25.9 Å². The highest BCUT2D eigenvalue weighted by molar-refractivity contribution is 7.89. The van der Waals surface area contributed by atoms with E-state index in [2.05, 4.69) is 11.0 Å². The van der Waals surface area contributed by atoms with Crippen molar-refractivity contribution in [1.82, 2.24) is 14.1 Å². The average Bonchev–Trinajstić information content (AvgIpc) is 2.99. The van der Waals surface area contributed by atoms with Crippen molar-refractivity contribution >= 4 is 27.5 Å². The molecule has 1 aliphatic carbocycles. The fourth-order valence-electron chi connectivity index (χ4n) is 4.86. The van der Waals surface area contributed by atoms with Gasteiger partial charge in [0.05, 0.1) is 11.6 Å². The Kier molecular flexibility index (Phi) is 6.82. The highest BCUT2D eigenvalue weighted by atomic mass is 35.5. The van der Waals surface area contributed by atoms with E-state index in [1.54, 1.807) is 24.3 Å². The number of halogens is 1. The number of hydrogen-bond acceptors (Lipinski definition) is 4. The van der Waals surface area contributed by atoms with Crippen LogP contribution in [0.3, 0.4) is 0 Å². The number of allylic oxidation sites excluding steroid dienone is 2. The van der Waals surface area contributed by atoms with E-state index >= 15 is 0 Å². The molecule has 3 aliphatic rings. The molecule has 0 spiro atoms. The summed E-state index contributed by atoms with van der Waals surface area (Å²) in [4.78, 5) is 17.3. The first-order valence-electron chi connectivity index (χ1n) is 10.9. The van der Waals surface area contributed by atoms with E-state index in [1.165, 1.54) is 29.3 Å². The fourth-order valence-corrected chi connectivity index (χ4v) is 6.82. The van der Waals surface area contributed by atoms with Crippen molar-refractivity contribution in [2.45, 2.75) is 43.4 Å². The van der Waals surface area contributed by atoms with Gasteiger partial charge in [-0.2, -0.15) is 4.31 Å². The normalized spacial score (nSPS) is 24.1. The summed E-state index contributed by atoms with van der Waals surface area (Å²) >= 11 is 6.14. The van der Waals surface area contributed by atoms with E-state index < -0.39 is 10.0 Å². The third-order valence-electron chi connectivity index (χ3n) is 6.44. The Morgan fingerprint density at radius 1 is 1.00 bits per heavy atom. The minimum absolute atomic E-state index is 0.148. The lowest BCUT2D eigenvalue weighted by Gasteiger charge is -2.38. The summed E-state index contributed by atoms with van der Waals surface area (Å²) in [5.74, 6) is 0.687. The van der Waals surface area contributed by atoms with Gasteiger partial charge in [-0.25, -0.2) is 8.42 Å². The lowest BCUT2D eigenvalue weighted by molar-refractivity contribution is -0.131. The zero-order valence-corrected chi connectivity index (χ0v) is 18.9. The molecule has 2 aliphatic heterocycles. The number of fused-ring (bicyclic) bond motifs is 1. The number of rotatable bonds is 4. The maximum absolute atomic E-state index is 13.1. The van der Waals surface area contributed by atoms with E-state index in [4.69, 9.17) is 11.6 Å². The molecular weight excluding hydrogens is 422 g/mol. The van der Waals surface area contributed by atoms with Gasteiger partial charge < -0.3 is 4.90 Å². The van der Waals surface area contributed by atoms with Crippen LogP contribution in [0, 0.1) is 5.92 Å². The van der Waals surface area contributed by atoms with Crippen LogP contribution in [0.5, 0.6) is 0 Å². The number of carbonyl (C=O) groups excluding carboxylic acids is 1. The monoisotopic (exact) mass is 451 g/mol. The van der Waals surface area contributed by atoms with Crippen LogP contribution < -0.4 is 0 Å². The summed E-state index contributed by atoms with van der Waals surface area (Å²) in [6, 6.07) is 6.56. The Labute approximate surface area is 184 Å². The smallest absolute Gasteiger partial charge is 0.244 e. The number of amides is 1. The summed E-state index contributed by atoms with van der Waals surface area (Å²) in [7, 11) is -3.63. The van der Waals surface area contributed by atoms with Crippen LogP contribution in [0.4, 0.5) is 0 Å². The minimum atomic E-state index is -3.63. The topological polar surface area (TPSA) is 60.9 Å². The molecule has 2 saturated heterocycles. The van der Waals surface area contributed by atoms with Gasteiger partial charge in [-0.3, -0.25) is 9.69 Å². The van der Waals surface area contributed by atoms with Crippen LogP contribution in [0.25, 0.3) is 0 Å². The SMILES string of the molecule is O=C(CN1CCCN(S(=O)(=O)c2ccccc2Cl)CC1)N1CCCC2CCCC=C21. The van der Waals surface area contributed by atoms with Crippen molar-refractivity contribution in [3.63, 3.8) is 0 Å². The average molecular weight is 452 g/mol. The van der Waals surface area contributed by atoms with Crippen LogP contribution in [0.15, 0.2) is 40.9 Å². The summed E-state index contributed by atoms with van der Waals surface area (Å²) in [6.45, 7) is 3.23. The van der Waals surface area contributed by atoms with Crippen molar-refractivity contribution in [3.05, 3.63) is 41.1 Å². The molecule has 6 nitrogen and oxygen atoms in total. The van der Waals surface area contributed by atoms with Crippen LogP contribution in [-0.4, -0.2) is 67.7 Å². The van der Waals surface area contributed by atoms with Crippen molar-refractivity contribution in [2.75, 3.05) is 39.3 Å². The van der Waals surface area contributed by atoms with Gasteiger partial charge in [0.1, 0.15) is 4.90 Å². The Morgan fingerprint density at radius 3 is 2.63 bits per heavy atom. The molecule has 1 atom stereocenters. The number of likely N-dealkylation sites (tertiary alicyclic amines) is 1. The van der Waals surface area contributed by atoms with Gasteiger partial charge in [-0.05, 0) is 63.1 Å². The predicted molar refractivity (Wildman–Crippen MR) is 118 cm³/mol. The summed E-state index contributed by atoms with van der Waals surface area (Å²) in [6.07, 6.45) is 8.68. The Bertz CT molecular complexity index is 918. The first kappa shape index (κ1) is 21.8. The van der Waals surface area contributed by atoms with E-state index in [9.17, 15) is 13.2 Å². The third kappa shape index (κ3) is 4.59. The number of nitrogens with zero attached hydrogens (tertiary/aromatic N) is 3. The van der Waals surface area contributed by atoms with Gasteiger partial charge in [-0.15, -0.1) is 0 Å². The van der Waals surface area contributed by atoms with E-state index in [-0.39, 0.29) is 15.8 Å². The van der Waals surface area contributed by atoms with E-state index in [1.807, 2.05) is 4.90 Å². The second-order valence-electron chi connectivity index (χ2n) is 8.41. The molecule has 8 heteroatoms. The molecule has 0 saturated carbocycles. The first-order valence-corrected chi connectivity index (χ1v) is 12.8. The molecule has 4 rings (SSSR count). The summed E-state index contributed by atoms with van der Waals surface area (Å²) < 4.78 is 27.6. The third-order valence-corrected chi connectivity index (χ3v) is 8.83. The van der Waals surface area contributed by atoms with Crippen LogP contribution in [0.2, 0.25) is 5.02 Å². The number of piperidine rings is 1. The number of sulfonamides is 1. The minimum Gasteiger partial charge on any atom is -0.315 e. The number of hydrogen-bond donors (Lipinski definition) is 0. The van der Waals surface area contributed by atoms with Gasteiger partial charge in [0, 0.05) is 31.9 Å². The lowest BCUT2D eigenvalue weighted by Crippen LogP contribution is -2.45. The van der Waals surface area contributed by atoms with Crippen LogP contribution in [0.1, 0.15) is 38.5 Å². The molecule has 2 heterocycles. The highest BCUT2D eigenvalue weighted by Crippen LogP contribution is 2.35. The summed E-state index contributed by atoms with van der Waals surface area (Å²) in [5.41, 5.74) is 1.23. The largest absolute Gasteiger partial charge is 0.315 e. The molecular formula is C22H30ClN3O3S.